The third-order valence-electron chi connectivity index (χ3n) is 12.0. The first-order valence-corrected chi connectivity index (χ1v) is 13.8. The Kier molecular flexibility index (Phi) is 4.35. The van der Waals surface area contributed by atoms with E-state index in [1.165, 1.54) is 89.9 Å². The standard InChI is InChI=1S/C28H40O2/c29-27-19-11-5-2-8-16(19)22-13-23-21(14-24(22)27)15-7-1-3-9-17(15)26-25(23)18-10-4-6-12-20(18)28(26)30/h15-26H,1-14H2. The van der Waals surface area contributed by atoms with Gasteiger partial charge in [0.1, 0.15) is 11.6 Å². The fourth-order valence-corrected chi connectivity index (χ4v) is 11.3. The Morgan fingerprint density at radius 1 is 0.433 bits per heavy atom. The zero-order valence-corrected chi connectivity index (χ0v) is 18.6. The molecular weight excluding hydrogens is 368 g/mol. The summed E-state index contributed by atoms with van der Waals surface area (Å²) in [6, 6.07) is 0. The quantitative estimate of drug-likeness (QED) is 0.487. The molecule has 7 aliphatic rings. The van der Waals surface area contributed by atoms with Gasteiger partial charge in [0, 0.05) is 23.7 Å². The van der Waals surface area contributed by atoms with Gasteiger partial charge in [0.25, 0.3) is 0 Å². The van der Waals surface area contributed by atoms with E-state index in [1.54, 1.807) is 0 Å². The number of hydrogen-bond acceptors (Lipinski definition) is 2. The molecule has 2 nitrogen and oxygen atoms in total. The van der Waals surface area contributed by atoms with Crippen molar-refractivity contribution in [1.82, 2.24) is 0 Å². The van der Waals surface area contributed by atoms with E-state index < -0.39 is 0 Å². The molecule has 0 heterocycles. The Labute approximate surface area is 182 Å². The highest BCUT2D eigenvalue weighted by atomic mass is 16.1. The van der Waals surface area contributed by atoms with Crippen LogP contribution in [0.15, 0.2) is 0 Å². The van der Waals surface area contributed by atoms with E-state index in [4.69, 9.17) is 0 Å². The second-order valence-corrected chi connectivity index (χ2v) is 12.7. The van der Waals surface area contributed by atoms with Crippen LogP contribution in [0.2, 0.25) is 0 Å². The number of rotatable bonds is 0. The second-order valence-electron chi connectivity index (χ2n) is 12.7. The van der Waals surface area contributed by atoms with Gasteiger partial charge in [0.05, 0.1) is 0 Å². The molecule has 0 N–H and O–H groups in total. The maximum atomic E-state index is 13.8. The number of fused-ring (bicyclic) bond motifs is 11. The average molecular weight is 409 g/mol. The minimum atomic E-state index is 0.401. The molecule has 7 saturated carbocycles. The van der Waals surface area contributed by atoms with Gasteiger partial charge in [-0.25, -0.2) is 0 Å². The number of Topliss-reactive ketones (excluding diaryl/α,β-unsaturated/α-hetero) is 2. The molecule has 164 valence electrons. The van der Waals surface area contributed by atoms with Crippen molar-refractivity contribution in [3.8, 4) is 0 Å². The highest BCUT2D eigenvalue weighted by molar-refractivity contribution is 5.88. The van der Waals surface area contributed by atoms with E-state index in [2.05, 4.69) is 0 Å². The Balaban J connectivity index is 1.28. The topological polar surface area (TPSA) is 34.1 Å². The monoisotopic (exact) mass is 408 g/mol. The molecule has 0 aromatic rings. The van der Waals surface area contributed by atoms with Gasteiger partial charge in [0.15, 0.2) is 0 Å². The van der Waals surface area contributed by atoms with E-state index in [9.17, 15) is 9.59 Å². The van der Waals surface area contributed by atoms with Crippen LogP contribution in [0.3, 0.4) is 0 Å². The van der Waals surface area contributed by atoms with Gasteiger partial charge in [-0.2, -0.15) is 0 Å². The summed E-state index contributed by atoms with van der Waals surface area (Å²) in [5.41, 5.74) is 0. The van der Waals surface area contributed by atoms with Crippen LogP contribution in [0.5, 0.6) is 0 Å². The molecule has 0 spiro atoms. The van der Waals surface area contributed by atoms with Gasteiger partial charge in [-0.3, -0.25) is 9.59 Å². The molecule has 0 radical (unpaired) electrons. The zero-order valence-electron chi connectivity index (χ0n) is 18.6. The number of ketones is 2. The van der Waals surface area contributed by atoms with Crippen LogP contribution in [0, 0.1) is 71.0 Å². The van der Waals surface area contributed by atoms with Gasteiger partial charge in [-0.05, 0) is 98.7 Å². The molecule has 7 rings (SSSR count). The Bertz CT molecular complexity index is 741. The van der Waals surface area contributed by atoms with Crippen molar-refractivity contribution < 1.29 is 9.59 Å². The predicted octanol–water partition coefficient (Wildman–Crippen LogP) is 6.08. The van der Waals surface area contributed by atoms with Gasteiger partial charge >= 0.3 is 0 Å². The molecular formula is C28H40O2. The Morgan fingerprint density at radius 2 is 1.03 bits per heavy atom. The first kappa shape index (κ1) is 18.9. The number of carbonyl (C=O) groups excluding carboxylic acids is 2. The van der Waals surface area contributed by atoms with Crippen molar-refractivity contribution in [1.29, 1.82) is 0 Å². The molecule has 12 atom stereocenters. The van der Waals surface area contributed by atoms with Crippen LogP contribution in [-0.4, -0.2) is 11.6 Å². The lowest BCUT2D eigenvalue weighted by atomic mass is 9.47. The summed E-state index contributed by atoms with van der Waals surface area (Å²) < 4.78 is 0. The van der Waals surface area contributed by atoms with Gasteiger partial charge in [-0.1, -0.05) is 38.5 Å². The zero-order chi connectivity index (χ0) is 20.0. The van der Waals surface area contributed by atoms with Gasteiger partial charge in [0.2, 0.25) is 0 Å². The summed E-state index contributed by atoms with van der Waals surface area (Å²) in [4.78, 5) is 27.2. The largest absolute Gasteiger partial charge is 0.299 e. The lowest BCUT2D eigenvalue weighted by Crippen LogP contribution is -2.52. The van der Waals surface area contributed by atoms with Gasteiger partial charge < -0.3 is 0 Å². The first-order chi connectivity index (χ1) is 14.7. The third-order valence-corrected chi connectivity index (χ3v) is 12.0. The highest BCUT2D eigenvalue weighted by Crippen LogP contribution is 2.67. The molecule has 7 fully saturated rings. The minimum Gasteiger partial charge on any atom is -0.299 e. The fraction of sp³-hybridized carbons (Fsp3) is 0.929. The van der Waals surface area contributed by atoms with Crippen molar-refractivity contribution >= 4 is 11.6 Å². The van der Waals surface area contributed by atoms with E-state index in [-0.39, 0.29) is 0 Å². The summed E-state index contributed by atoms with van der Waals surface area (Å²) in [6.45, 7) is 0. The molecule has 12 unspecified atom stereocenters. The maximum Gasteiger partial charge on any atom is 0.139 e. The third kappa shape index (κ3) is 2.43. The summed E-state index contributed by atoms with van der Waals surface area (Å²) in [7, 11) is 0. The van der Waals surface area contributed by atoms with Crippen LogP contribution in [0.4, 0.5) is 0 Å². The average Bonchev–Trinajstić information content (AvgIpc) is 3.25. The van der Waals surface area contributed by atoms with Crippen molar-refractivity contribution in [3.63, 3.8) is 0 Å². The van der Waals surface area contributed by atoms with Crippen molar-refractivity contribution in [3.05, 3.63) is 0 Å². The summed E-state index contributed by atoms with van der Waals surface area (Å²) in [5, 5.41) is 0. The second kappa shape index (κ2) is 6.92. The first-order valence-electron chi connectivity index (χ1n) is 13.8. The molecule has 0 aromatic carbocycles. The van der Waals surface area contributed by atoms with Crippen LogP contribution in [0.1, 0.15) is 89.9 Å². The maximum absolute atomic E-state index is 13.8. The molecule has 0 aromatic heterocycles. The van der Waals surface area contributed by atoms with Crippen LogP contribution < -0.4 is 0 Å². The van der Waals surface area contributed by atoms with E-state index >= 15 is 0 Å². The summed E-state index contributed by atoms with van der Waals surface area (Å²) in [6.07, 6.45) is 18.2. The lowest BCUT2D eigenvalue weighted by Gasteiger charge is -2.56. The minimum absolute atomic E-state index is 0.401. The van der Waals surface area contributed by atoms with Gasteiger partial charge in [-0.15, -0.1) is 0 Å². The van der Waals surface area contributed by atoms with E-state index in [0.29, 0.717) is 59.0 Å². The molecule has 7 aliphatic carbocycles. The van der Waals surface area contributed by atoms with Crippen molar-refractivity contribution in [2.45, 2.75) is 89.9 Å². The molecule has 0 aliphatic heterocycles. The molecule has 2 heteroatoms. The van der Waals surface area contributed by atoms with E-state index in [0.717, 1.165) is 23.5 Å². The SMILES string of the molecule is O=C1C2CCCCC2C2CC3C(CC12)C1CCCCC1C1C(=O)C2CCCCC2C31. The predicted molar refractivity (Wildman–Crippen MR) is 117 cm³/mol. The highest BCUT2D eigenvalue weighted by Gasteiger charge is 2.65. The Morgan fingerprint density at radius 3 is 1.80 bits per heavy atom. The van der Waals surface area contributed by atoms with Crippen LogP contribution in [-0.2, 0) is 9.59 Å². The smallest absolute Gasteiger partial charge is 0.139 e. The Hall–Kier alpha value is -0.660. The number of carbonyl (C=O) groups is 2. The van der Waals surface area contributed by atoms with E-state index in [1.807, 2.05) is 0 Å². The fourth-order valence-electron chi connectivity index (χ4n) is 11.3. The molecule has 30 heavy (non-hydrogen) atoms. The van der Waals surface area contributed by atoms with Crippen molar-refractivity contribution in [2.24, 2.45) is 71.0 Å². The normalized spacial score (nSPS) is 56.9. The lowest BCUT2D eigenvalue weighted by molar-refractivity contribution is -0.138. The van der Waals surface area contributed by atoms with Crippen LogP contribution >= 0.6 is 0 Å². The molecule has 0 saturated heterocycles. The summed E-state index contributed by atoms with van der Waals surface area (Å²) >= 11 is 0. The van der Waals surface area contributed by atoms with Crippen molar-refractivity contribution in [2.75, 3.05) is 0 Å². The molecule has 0 bridgehead atoms. The molecule has 0 amide bonds. The number of hydrogen-bond donors (Lipinski definition) is 0. The van der Waals surface area contributed by atoms with Crippen LogP contribution in [0.25, 0.3) is 0 Å². The summed E-state index contributed by atoms with van der Waals surface area (Å²) in [5.74, 6) is 8.87.